The zero-order chi connectivity index (χ0) is 15.5. The molecule has 1 aliphatic rings. The molecule has 0 atom stereocenters. The molecule has 1 aromatic heterocycles. The SMILES string of the molecule is COc1ccc(-c2nnc(SCC(=O)NC3CC3)n2N)cc1. The summed E-state index contributed by atoms with van der Waals surface area (Å²) in [7, 11) is 1.61. The number of hydrogen-bond acceptors (Lipinski definition) is 6. The van der Waals surface area contributed by atoms with Gasteiger partial charge >= 0.3 is 0 Å². The maximum atomic E-state index is 11.7. The number of benzene rings is 1. The van der Waals surface area contributed by atoms with E-state index in [0.29, 0.717) is 17.0 Å². The summed E-state index contributed by atoms with van der Waals surface area (Å²) >= 11 is 1.28. The van der Waals surface area contributed by atoms with Crippen molar-refractivity contribution in [3.05, 3.63) is 24.3 Å². The molecule has 3 N–H and O–H groups in total. The minimum atomic E-state index is 0.00139. The average molecular weight is 319 g/mol. The standard InChI is InChI=1S/C14H17N5O2S/c1-21-11-6-2-9(3-7-11)13-17-18-14(19(13)15)22-8-12(20)16-10-4-5-10/h2-3,6-7,10H,4-5,8,15H2,1H3,(H,16,20). The van der Waals surface area contributed by atoms with Crippen molar-refractivity contribution in [1.82, 2.24) is 20.2 Å². The van der Waals surface area contributed by atoms with Crippen molar-refractivity contribution in [2.24, 2.45) is 0 Å². The predicted octanol–water partition coefficient (Wildman–Crippen LogP) is 1.04. The number of aromatic nitrogens is 3. The lowest BCUT2D eigenvalue weighted by Crippen LogP contribution is -2.27. The summed E-state index contributed by atoms with van der Waals surface area (Å²) in [5, 5.41) is 11.6. The van der Waals surface area contributed by atoms with Crippen LogP contribution in [0.2, 0.25) is 0 Å². The predicted molar refractivity (Wildman–Crippen MR) is 84.0 cm³/mol. The van der Waals surface area contributed by atoms with Gasteiger partial charge in [-0.15, -0.1) is 10.2 Å². The number of carbonyl (C=O) groups is 1. The third-order valence-electron chi connectivity index (χ3n) is 3.29. The van der Waals surface area contributed by atoms with E-state index < -0.39 is 0 Å². The molecular formula is C14H17N5O2S. The van der Waals surface area contributed by atoms with Crippen molar-refractivity contribution in [3.8, 4) is 17.1 Å². The first-order valence-electron chi connectivity index (χ1n) is 6.94. The van der Waals surface area contributed by atoms with Gasteiger partial charge in [0.15, 0.2) is 5.82 Å². The second-order valence-corrected chi connectivity index (χ2v) is 5.98. The van der Waals surface area contributed by atoms with Crippen LogP contribution in [-0.4, -0.2) is 39.7 Å². The first kappa shape index (κ1) is 14.7. The fraction of sp³-hybridized carbons (Fsp3) is 0.357. The number of amides is 1. The summed E-state index contributed by atoms with van der Waals surface area (Å²) in [6.45, 7) is 0. The summed E-state index contributed by atoms with van der Waals surface area (Å²) in [5.41, 5.74) is 0.838. The van der Waals surface area contributed by atoms with E-state index in [9.17, 15) is 4.79 Å². The number of hydrogen-bond donors (Lipinski definition) is 2. The number of rotatable bonds is 6. The van der Waals surface area contributed by atoms with Gasteiger partial charge in [-0.05, 0) is 37.1 Å². The van der Waals surface area contributed by atoms with Crippen LogP contribution in [0.15, 0.2) is 29.4 Å². The number of carbonyl (C=O) groups excluding carboxylic acids is 1. The first-order chi connectivity index (χ1) is 10.7. The van der Waals surface area contributed by atoms with Crippen LogP contribution in [-0.2, 0) is 4.79 Å². The Morgan fingerprint density at radius 2 is 2.14 bits per heavy atom. The molecule has 0 unspecified atom stereocenters. The van der Waals surface area contributed by atoms with Crippen LogP contribution in [0.5, 0.6) is 5.75 Å². The monoisotopic (exact) mass is 319 g/mol. The van der Waals surface area contributed by atoms with Crippen molar-refractivity contribution in [2.45, 2.75) is 24.0 Å². The van der Waals surface area contributed by atoms with Gasteiger partial charge in [-0.1, -0.05) is 11.8 Å². The average Bonchev–Trinajstić information content (AvgIpc) is 3.27. The Hall–Kier alpha value is -2.22. The lowest BCUT2D eigenvalue weighted by atomic mass is 10.2. The summed E-state index contributed by atoms with van der Waals surface area (Å²) in [5.74, 6) is 7.61. The molecule has 2 aromatic rings. The number of nitrogens with one attached hydrogen (secondary N) is 1. The normalized spacial score (nSPS) is 13.9. The van der Waals surface area contributed by atoms with E-state index in [1.807, 2.05) is 24.3 Å². The highest BCUT2D eigenvalue weighted by atomic mass is 32.2. The van der Waals surface area contributed by atoms with Crippen molar-refractivity contribution >= 4 is 17.7 Å². The van der Waals surface area contributed by atoms with E-state index in [2.05, 4.69) is 15.5 Å². The zero-order valence-electron chi connectivity index (χ0n) is 12.2. The molecular weight excluding hydrogens is 302 g/mol. The summed E-state index contributed by atoms with van der Waals surface area (Å²) in [6, 6.07) is 7.75. The Bertz CT molecular complexity index is 666. The van der Waals surface area contributed by atoms with E-state index in [-0.39, 0.29) is 11.7 Å². The number of methoxy groups -OCH3 is 1. The largest absolute Gasteiger partial charge is 0.497 e. The van der Waals surface area contributed by atoms with Gasteiger partial charge in [0.25, 0.3) is 0 Å². The molecule has 1 aromatic carbocycles. The van der Waals surface area contributed by atoms with E-state index in [1.165, 1.54) is 16.4 Å². The third kappa shape index (κ3) is 3.33. The highest BCUT2D eigenvalue weighted by Gasteiger charge is 2.23. The number of ether oxygens (including phenoxy) is 1. The maximum absolute atomic E-state index is 11.7. The molecule has 0 bridgehead atoms. The van der Waals surface area contributed by atoms with Crippen molar-refractivity contribution < 1.29 is 9.53 Å². The first-order valence-corrected chi connectivity index (χ1v) is 7.93. The molecule has 1 heterocycles. The van der Waals surface area contributed by atoms with Crippen LogP contribution in [0.3, 0.4) is 0 Å². The molecule has 0 saturated heterocycles. The number of nitrogens with two attached hydrogens (primary N) is 1. The van der Waals surface area contributed by atoms with Gasteiger partial charge < -0.3 is 15.9 Å². The zero-order valence-corrected chi connectivity index (χ0v) is 13.0. The fourth-order valence-corrected chi connectivity index (χ4v) is 2.61. The summed E-state index contributed by atoms with van der Waals surface area (Å²) in [6.07, 6.45) is 2.15. The van der Waals surface area contributed by atoms with Gasteiger partial charge in [0.2, 0.25) is 11.1 Å². The van der Waals surface area contributed by atoms with Crippen LogP contribution in [0, 0.1) is 0 Å². The minimum absolute atomic E-state index is 0.00139. The molecule has 1 fully saturated rings. The Morgan fingerprint density at radius 3 is 2.77 bits per heavy atom. The fourth-order valence-electron chi connectivity index (χ4n) is 1.94. The van der Waals surface area contributed by atoms with Gasteiger partial charge in [-0.25, -0.2) is 4.68 Å². The van der Waals surface area contributed by atoms with Crippen LogP contribution >= 0.6 is 11.8 Å². The Balaban J connectivity index is 1.66. The lowest BCUT2D eigenvalue weighted by Gasteiger charge is -2.05. The maximum Gasteiger partial charge on any atom is 0.230 e. The second kappa shape index (κ2) is 6.27. The highest BCUT2D eigenvalue weighted by molar-refractivity contribution is 7.99. The Morgan fingerprint density at radius 1 is 1.41 bits per heavy atom. The summed E-state index contributed by atoms with van der Waals surface area (Å²) in [4.78, 5) is 11.7. The number of nitrogens with zero attached hydrogens (tertiary/aromatic N) is 3. The number of nitrogen functional groups attached to an aromatic ring is 1. The van der Waals surface area contributed by atoms with Crippen LogP contribution in [0.1, 0.15) is 12.8 Å². The molecule has 7 nitrogen and oxygen atoms in total. The van der Waals surface area contributed by atoms with Gasteiger partial charge in [-0.2, -0.15) is 0 Å². The second-order valence-electron chi connectivity index (χ2n) is 5.04. The molecule has 0 radical (unpaired) electrons. The summed E-state index contributed by atoms with van der Waals surface area (Å²) < 4.78 is 6.52. The Labute approximate surface area is 132 Å². The van der Waals surface area contributed by atoms with E-state index in [1.54, 1.807) is 7.11 Å². The van der Waals surface area contributed by atoms with E-state index in [4.69, 9.17) is 10.6 Å². The van der Waals surface area contributed by atoms with Gasteiger partial charge in [0.1, 0.15) is 5.75 Å². The molecule has 1 amide bonds. The topological polar surface area (TPSA) is 95.1 Å². The lowest BCUT2D eigenvalue weighted by molar-refractivity contribution is -0.118. The molecule has 1 saturated carbocycles. The van der Waals surface area contributed by atoms with E-state index >= 15 is 0 Å². The third-order valence-corrected chi connectivity index (χ3v) is 4.23. The van der Waals surface area contributed by atoms with Crippen molar-refractivity contribution in [3.63, 3.8) is 0 Å². The molecule has 8 heteroatoms. The van der Waals surface area contributed by atoms with Crippen molar-refractivity contribution in [1.29, 1.82) is 0 Å². The molecule has 1 aliphatic carbocycles. The molecule has 22 heavy (non-hydrogen) atoms. The van der Waals surface area contributed by atoms with Gasteiger partial charge in [-0.3, -0.25) is 4.79 Å². The molecule has 116 valence electrons. The van der Waals surface area contributed by atoms with Gasteiger partial charge in [0.05, 0.1) is 12.9 Å². The smallest absolute Gasteiger partial charge is 0.230 e. The van der Waals surface area contributed by atoms with Crippen molar-refractivity contribution in [2.75, 3.05) is 18.7 Å². The van der Waals surface area contributed by atoms with Crippen LogP contribution in [0.25, 0.3) is 11.4 Å². The van der Waals surface area contributed by atoms with E-state index in [0.717, 1.165) is 24.2 Å². The number of thioether (sulfide) groups is 1. The minimum Gasteiger partial charge on any atom is -0.497 e. The van der Waals surface area contributed by atoms with Gasteiger partial charge in [0, 0.05) is 11.6 Å². The quantitative estimate of drug-likeness (QED) is 0.610. The highest BCUT2D eigenvalue weighted by Crippen LogP contribution is 2.24. The Kier molecular flexibility index (Phi) is 4.19. The molecule has 0 aliphatic heterocycles. The van der Waals surface area contributed by atoms with Crippen LogP contribution in [0.4, 0.5) is 0 Å². The molecule has 3 rings (SSSR count). The van der Waals surface area contributed by atoms with Crippen LogP contribution < -0.4 is 15.9 Å². The molecule has 0 spiro atoms.